The predicted octanol–water partition coefficient (Wildman–Crippen LogP) is 2.81. The van der Waals surface area contributed by atoms with Crippen LogP contribution in [-0.2, 0) is 6.54 Å². The second-order valence-electron chi connectivity index (χ2n) is 4.58. The van der Waals surface area contributed by atoms with Gasteiger partial charge in [-0.1, -0.05) is 13.3 Å². The first-order valence-electron chi connectivity index (χ1n) is 6.07. The molecule has 0 radical (unpaired) electrons. The third kappa shape index (κ3) is 2.98. The van der Waals surface area contributed by atoms with Gasteiger partial charge >= 0.3 is 0 Å². The average molecular weight is 207 g/mol. The van der Waals surface area contributed by atoms with E-state index >= 15 is 0 Å². The molecule has 1 aromatic rings. The molecule has 0 aliphatic heterocycles. The Hall–Kier alpha value is -0.990. The zero-order chi connectivity index (χ0) is 10.7. The molecule has 0 amide bonds. The minimum absolute atomic E-state index is 0.904. The van der Waals surface area contributed by atoms with Crippen LogP contribution < -0.4 is 5.32 Å². The first-order chi connectivity index (χ1) is 7.29. The molecule has 1 aliphatic rings. The van der Waals surface area contributed by atoms with Crippen LogP contribution in [0, 0.1) is 12.8 Å². The number of aryl methyl sites for hydroxylation is 2. The fraction of sp³-hybridized carbons (Fsp3) is 0.750. The molecule has 84 valence electrons. The maximum absolute atomic E-state index is 4.52. The maximum Gasteiger partial charge on any atom is 0.203 e. The van der Waals surface area contributed by atoms with Gasteiger partial charge in [0.05, 0.1) is 5.69 Å². The highest BCUT2D eigenvalue weighted by Gasteiger charge is 2.21. The Kier molecular flexibility index (Phi) is 3.29. The lowest BCUT2D eigenvalue weighted by molar-refractivity contribution is 0.633. The molecule has 3 heteroatoms. The Balaban J connectivity index is 1.93. The minimum Gasteiger partial charge on any atom is -0.355 e. The van der Waals surface area contributed by atoms with E-state index in [1.165, 1.54) is 25.7 Å². The van der Waals surface area contributed by atoms with Gasteiger partial charge in [0.15, 0.2) is 0 Å². The van der Waals surface area contributed by atoms with Gasteiger partial charge in [-0.25, -0.2) is 4.98 Å². The van der Waals surface area contributed by atoms with Gasteiger partial charge in [-0.15, -0.1) is 0 Å². The van der Waals surface area contributed by atoms with Crippen LogP contribution in [-0.4, -0.2) is 16.1 Å². The Bertz CT molecular complexity index is 313. The lowest BCUT2D eigenvalue weighted by Crippen LogP contribution is -2.09. The van der Waals surface area contributed by atoms with Crippen LogP contribution in [0.2, 0.25) is 0 Å². The molecule has 1 aliphatic carbocycles. The summed E-state index contributed by atoms with van der Waals surface area (Å²) in [7, 11) is 0. The summed E-state index contributed by atoms with van der Waals surface area (Å²) in [4.78, 5) is 4.52. The third-order valence-electron chi connectivity index (χ3n) is 2.90. The van der Waals surface area contributed by atoms with Crippen LogP contribution in [0.15, 0.2) is 6.20 Å². The fourth-order valence-electron chi connectivity index (χ4n) is 1.74. The van der Waals surface area contributed by atoms with Gasteiger partial charge in [0, 0.05) is 19.3 Å². The van der Waals surface area contributed by atoms with E-state index in [0.717, 1.165) is 30.6 Å². The van der Waals surface area contributed by atoms with Crippen molar-refractivity contribution >= 4 is 5.95 Å². The monoisotopic (exact) mass is 207 g/mol. The van der Waals surface area contributed by atoms with E-state index in [0.29, 0.717) is 0 Å². The summed E-state index contributed by atoms with van der Waals surface area (Å²) in [5, 5.41) is 3.46. The van der Waals surface area contributed by atoms with Crippen LogP contribution in [0.5, 0.6) is 0 Å². The molecule has 0 aromatic carbocycles. The number of anilines is 1. The first-order valence-corrected chi connectivity index (χ1v) is 6.07. The molecule has 0 bridgehead atoms. The summed E-state index contributed by atoms with van der Waals surface area (Å²) in [6, 6.07) is 0. The molecule has 1 aromatic heterocycles. The van der Waals surface area contributed by atoms with Crippen LogP contribution >= 0.6 is 0 Å². The highest BCUT2D eigenvalue weighted by atomic mass is 15.2. The normalized spacial score (nSPS) is 15.6. The van der Waals surface area contributed by atoms with Gasteiger partial charge in [-0.05, 0) is 32.1 Å². The Morgan fingerprint density at radius 2 is 2.33 bits per heavy atom. The summed E-state index contributed by atoms with van der Waals surface area (Å²) < 4.78 is 2.25. The van der Waals surface area contributed by atoms with E-state index < -0.39 is 0 Å². The van der Waals surface area contributed by atoms with Gasteiger partial charge in [0.2, 0.25) is 5.95 Å². The summed E-state index contributed by atoms with van der Waals surface area (Å²) in [6.07, 6.45) is 7.39. The van der Waals surface area contributed by atoms with Crippen LogP contribution in [0.3, 0.4) is 0 Å². The topological polar surface area (TPSA) is 29.9 Å². The van der Waals surface area contributed by atoms with Gasteiger partial charge < -0.3 is 9.88 Å². The summed E-state index contributed by atoms with van der Waals surface area (Å²) in [5.74, 6) is 1.97. The first kappa shape index (κ1) is 10.5. The number of aromatic nitrogens is 2. The summed E-state index contributed by atoms with van der Waals surface area (Å²) in [5.41, 5.74) is 1.12. The van der Waals surface area contributed by atoms with E-state index in [-0.39, 0.29) is 0 Å². The second-order valence-corrected chi connectivity index (χ2v) is 4.58. The molecule has 15 heavy (non-hydrogen) atoms. The van der Waals surface area contributed by atoms with Gasteiger partial charge in [-0.3, -0.25) is 0 Å². The van der Waals surface area contributed by atoms with Crippen molar-refractivity contribution in [2.45, 2.75) is 46.1 Å². The molecule has 1 fully saturated rings. The van der Waals surface area contributed by atoms with Crippen molar-refractivity contribution in [3.8, 4) is 0 Å². The number of hydrogen-bond acceptors (Lipinski definition) is 2. The van der Waals surface area contributed by atoms with Crippen LogP contribution in [0.4, 0.5) is 5.95 Å². The molecule has 2 rings (SSSR count). The number of imidazole rings is 1. The largest absolute Gasteiger partial charge is 0.355 e. The van der Waals surface area contributed by atoms with Gasteiger partial charge in [0.1, 0.15) is 0 Å². The lowest BCUT2D eigenvalue weighted by Gasteiger charge is -2.08. The Labute approximate surface area is 91.9 Å². The number of rotatable bonds is 6. The quantitative estimate of drug-likeness (QED) is 0.777. The van der Waals surface area contributed by atoms with Crippen molar-refractivity contribution in [3.63, 3.8) is 0 Å². The van der Waals surface area contributed by atoms with Crippen LogP contribution in [0.25, 0.3) is 0 Å². The van der Waals surface area contributed by atoms with Crippen LogP contribution in [0.1, 0.15) is 38.3 Å². The summed E-state index contributed by atoms with van der Waals surface area (Å²) >= 11 is 0. The predicted molar refractivity (Wildman–Crippen MR) is 63.1 cm³/mol. The maximum atomic E-state index is 4.52. The van der Waals surface area contributed by atoms with E-state index in [2.05, 4.69) is 34.9 Å². The SMILES string of the molecule is CCCCn1cc(C)nc1NCC1CC1. The van der Waals surface area contributed by atoms with E-state index in [1.54, 1.807) is 0 Å². The number of nitrogens with one attached hydrogen (secondary N) is 1. The highest BCUT2D eigenvalue weighted by molar-refractivity contribution is 5.29. The average Bonchev–Trinajstić information content (AvgIpc) is 2.97. The zero-order valence-electron chi connectivity index (χ0n) is 9.79. The molecule has 1 N–H and O–H groups in total. The highest BCUT2D eigenvalue weighted by Crippen LogP contribution is 2.28. The third-order valence-corrected chi connectivity index (χ3v) is 2.90. The molecule has 0 unspecified atom stereocenters. The number of hydrogen-bond donors (Lipinski definition) is 1. The van der Waals surface area contributed by atoms with Crippen molar-refractivity contribution in [1.82, 2.24) is 9.55 Å². The molecule has 0 atom stereocenters. The second kappa shape index (κ2) is 4.69. The Morgan fingerprint density at radius 1 is 1.53 bits per heavy atom. The molecule has 0 saturated heterocycles. The van der Waals surface area contributed by atoms with E-state index in [1.807, 2.05) is 0 Å². The Morgan fingerprint density at radius 3 is 3.00 bits per heavy atom. The van der Waals surface area contributed by atoms with E-state index in [4.69, 9.17) is 0 Å². The standard InChI is InChI=1S/C12H21N3/c1-3-4-7-15-9-10(2)14-12(15)13-8-11-5-6-11/h9,11H,3-8H2,1-2H3,(H,13,14). The van der Waals surface area contributed by atoms with E-state index in [9.17, 15) is 0 Å². The summed E-state index contributed by atoms with van der Waals surface area (Å²) in [6.45, 7) is 6.47. The molecule has 0 spiro atoms. The van der Waals surface area contributed by atoms with Crippen molar-refractivity contribution in [1.29, 1.82) is 0 Å². The zero-order valence-corrected chi connectivity index (χ0v) is 9.79. The van der Waals surface area contributed by atoms with Crippen molar-refractivity contribution in [2.24, 2.45) is 5.92 Å². The van der Waals surface area contributed by atoms with Crippen molar-refractivity contribution in [2.75, 3.05) is 11.9 Å². The molecule has 3 nitrogen and oxygen atoms in total. The number of unbranched alkanes of at least 4 members (excludes halogenated alkanes) is 1. The van der Waals surface area contributed by atoms with Crippen molar-refractivity contribution in [3.05, 3.63) is 11.9 Å². The molecular weight excluding hydrogens is 186 g/mol. The molecule has 1 saturated carbocycles. The van der Waals surface area contributed by atoms with Gasteiger partial charge in [-0.2, -0.15) is 0 Å². The fourth-order valence-corrected chi connectivity index (χ4v) is 1.74. The van der Waals surface area contributed by atoms with Crippen molar-refractivity contribution < 1.29 is 0 Å². The van der Waals surface area contributed by atoms with Gasteiger partial charge in [0.25, 0.3) is 0 Å². The lowest BCUT2D eigenvalue weighted by atomic mass is 10.3. The smallest absolute Gasteiger partial charge is 0.203 e. The molecule has 1 heterocycles. The number of nitrogens with zero attached hydrogens (tertiary/aromatic N) is 2. The molecular formula is C12H21N3. The minimum atomic E-state index is 0.904.